The Morgan fingerprint density at radius 3 is 3.05 bits per heavy atom. The normalized spacial score (nSPS) is 13.1. The lowest BCUT2D eigenvalue weighted by Gasteiger charge is -2.12. The summed E-state index contributed by atoms with van der Waals surface area (Å²) in [6, 6.07) is 0. The molecule has 1 aromatic rings. The summed E-state index contributed by atoms with van der Waals surface area (Å²) in [7, 11) is 0. The van der Waals surface area contributed by atoms with Gasteiger partial charge < -0.3 is 14.6 Å². The van der Waals surface area contributed by atoms with E-state index in [2.05, 4.69) is 11.9 Å². The molecular weight excluding hydrogens is 270 g/mol. The molecule has 2 heterocycles. The molecule has 0 aromatic carbocycles. The van der Waals surface area contributed by atoms with Crippen LogP contribution in [0.3, 0.4) is 0 Å². The third-order valence-corrected chi connectivity index (χ3v) is 3.60. The van der Waals surface area contributed by atoms with Gasteiger partial charge >= 0.3 is 12.1 Å². The summed E-state index contributed by atoms with van der Waals surface area (Å²) in [5.41, 5.74) is 0.734. The van der Waals surface area contributed by atoms with Gasteiger partial charge in [-0.1, -0.05) is 24.0 Å². The minimum Gasteiger partial charge on any atom is -0.484 e. The Kier molecular flexibility index (Phi) is 4.06. The van der Waals surface area contributed by atoms with Gasteiger partial charge in [-0.25, -0.2) is 9.59 Å². The Morgan fingerprint density at radius 2 is 2.37 bits per heavy atom. The third-order valence-electron chi connectivity index (χ3n) is 2.54. The van der Waals surface area contributed by atoms with Crippen molar-refractivity contribution in [3.8, 4) is 5.06 Å². The van der Waals surface area contributed by atoms with E-state index in [0.29, 0.717) is 23.7 Å². The van der Waals surface area contributed by atoms with Crippen molar-refractivity contribution < 1.29 is 24.2 Å². The molecule has 0 radical (unpaired) electrons. The first-order chi connectivity index (χ1) is 9.13. The number of carbonyl (C=O) groups excluding carboxylic acids is 1. The van der Waals surface area contributed by atoms with Gasteiger partial charge in [0.05, 0.1) is 6.61 Å². The number of thiophene rings is 1. The van der Waals surface area contributed by atoms with Crippen molar-refractivity contribution in [2.45, 2.75) is 12.8 Å². The van der Waals surface area contributed by atoms with Crippen LogP contribution in [-0.4, -0.2) is 30.4 Å². The van der Waals surface area contributed by atoms with E-state index in [1.54, 1.807) is 0 Å². The summed E-state index contributed by atoms with van der Waals surface area (Å²) in [6.07, 6.45) is 2.13. The van der Waals surface area contributed by atoms with Crippen LogP contribution in [0.4, 0.5) is 9.80 Å². The molecule has 1 aliphatic rings. The molecule has 2 rings (SSSR count). The van der Waals surface area contributed by atoms with Crippen molar-refractivity contribution in [3.05, 3.63) is 23.8 Å². The van der Waals surface area contributed by atoms with E-state index >= 15 is 0 Å². The molecule has 1 aromatic heterocycles. The Hall–Kier alpha value is -2.02. The Morgan fingerprint density at radius 1 is 1.58 bits per heavy atom. The van der Waals surface area contributed by atoms with Gasteiger partial charge in [0.25, 0.3) is 0 Å². The lowest BCUT2D eigenvalue weighted by atomic mass is 10.1. The van der Waals surface area contributed by atoms with Crippen molar-refractivity contribution in [1.82, 2.24) is 0 Å². The fraction of sp³-hybridized carbons (Fsp3) is 0.333. The summed E-state index contributed by atoms with van der Waals surface area (Å²) in [5, 5.41) is 12.5. The van der Waals surface area contributed by atoms with Crippen molar-refractivity contribution in [2.75, 3.05) is 18.5 Å². The van der Waals surface area contributed by atoms with E-state index in [9.17, 15) is 14.7 Å². The number of amides is 1. The highest BCUT2D eigenvalue weighted by atomic mass is 32.1. The second-order valence-electron chi connectivity index (χ2n) is 3.84. The molecule has 0 spiro atoms. The molecule has 1 amide bonds. The maximum Gasteiger partial charge on any atom is 0.412 e. The number of carboxylic acids is 1. The van der Waals surface area contributed by atoms with E-state index in [1.165, 1.54) is 6.08 Å². The highest BCUT2D eigenvalue weighted by Gasteiger charge is 2.27. The standard InChI is InChI=1S/C12H13NO5S/c1-2-5-18-12(16)13-9-8(10(14)15)7-4-3-6-17-11(7)19-9/h2H,1,3-6H2,(H,13,16)(H,14,15). The number of carbonyl (C=O) groups is 2. The summed E-state index contributed by atoms with van der Waals surface area (Å²) >= 11 is 1.11. The van der Waals surface area contributed by atoms with Gasteiger partial charge in [0.2, 0.25) is 0 Å². The number of rotatable bonds is 4. The Labute approximate surface area is 113 Å². The number of ether oxygens (including phenoxy) is 2. The SMILES string of the molecule is C=CCOC(=O)Nc1sc2c(c1C(=O)O)CCCO2. The number of hydrogen-bond donors (Lipinski definition) is 2. The van der Waals surface area contributed by atoms with Crippen LogP contribution in [0.25, 0.3) is 0 Å². The fourth-order valence-electron chi connectivity index (χ4n) is 1.78. The largest absolute Gasteiger partial charge is 0.484 e. The number of carboxylic acid groups (broad SMARTS) is 1. The first-order valence-corrected chi connectivity index (χ1v) is 6.51. The average molecular weight is 283 g/mol. The molecule has 19 heavy (non-hydrogen) atoms. The predicted octanol–water partition coefficient (Wildman–Crippen LogP) is 2.51. The zero-order chi connectivity index (χ0) is 13.8. The maximum atomic E-state index is 11.5. The van der Waals surface area contributed by atoms with Gasteiger partial charge in [-0.15, -0.1) is 0 Å². The van der Waals surface area contributed by atoms with Crippen molar-refractivity contribution in [3.63, 3.8) is 0 Å². The lowest BCUT2D eigenvalue weighted by Crippen LogP contribution is -2.15. The van der Waals surface area contributed by atoms with Gasteiger partial charge in [0, 0.05) is 5.56 Å². The summed E-state index contributed by atoms with van der Waals surface area (Å²) < 4.78 is 10.2. The van der Waals surface area contributed by atoms with Gasteiger partial charge in [-0.2, -0.15) is 0 Å². The molecular formula is C12H13NO5S. The van der Waals surface area contributed by atoms with E-state index in [1.807, 2.05) is 0 Å². The van der Waals surface area contributed by atoms with Crippen LogP contribution in [0.5, 0.6) is 5.06 Å². The number of aromatic carboxylic acids is 1. The first kappa shape index (κ1) is 13.4. The Bertz CT molecular complexity index is 522. The van der Waals surface area contributed by atoms with Crippen LogP contribution >= 0.6 is 11.3 Å². The number of hydrogen-bond acceptors (Lipinski definition) is 5. The minimum absolute atomic E-state index is 0.0653. The van der Waals surface area contributed by atoms with Crippen LogP contribution < -0.4 is 10.1 Å². The van der Waals surface area contributed by atoms with Crippen LogP contribution in [0.1, 0.15) is 22.3 Å². The van der Waals surface area contributed by atoms with Crippen LogP contribution in [-0.2, 0) is 11.2 Å². The van der Waals surface area contributed by atoms with Gasteiger partial charge in [-0.05, 0) is 12.8 Å². The van der Waals surface area contributed by atoms with Crippen molar-refractivity contribution in [2.24, 2.45) is 0 Å². The Balaban J connectivity index is 2.24. The third kappa shape index (κ3) is 2.87. The minimum atomic E-state index is -1.08. The second-order valence-corrected chi connectivity index (χ2v) is 4.82. The maximum absolute atomic E-state index is 11.5. The molecule has 6 nitrogen and oxygen atoms in total. The zero-order valence-electron chi connectivity index (χ0n) is 10.1. The molecule has 0 fully saturated rings. The van der Waals surface area contributed by atoms with Gasteiger partial charge in [-0.3, -0.25) is 5.32 Å². The summed E-state index contributed by atoms with van der Waals surface area (Å²) in [6.45, 7) is 4.05. The van der Waals surface area contributed by atoms with Crippen molar-refractivity contribution >= 4 is 28.4 Å². The van der Waals surface area contributed by atoms with Gasteiger partial charge in [0.1, 0.15) is 17.2 Å². The molecule has 2 N–H and O–H groups in total. The lowest BCUT2D eigenvalue weighted by molar-refractivity contribution is 0.0696. The van der Waals surface area contributed by atoms with Crippen LogP contribution in [0, 0.1) is 0 Å². The summed E-state index contributed by atoms with van der Waals surface area (Å²) in [4.78, 5) is 22.7. The number of fused-ring (bicyclic) bond motifs is 1. The number of nitrogens with one attached hydrogen (secondary N) is 1. The smallest absolute Gasteiger partial charge is 0.412 e. The van der Waals surface area contributed by atoms with E-state index < -0.39 is 12.1 Å². The molecule has 0 atom stereocenters. The predicted molar refractivity (Wildman–Crippen MR) is 70.3 cm³/mol. The highest BCUT2D eigenvalue weighted by molar-refractivity contribution is 7.18. The highest BCUT2D eigenvalue weighted by Crippen LogP contribution is 2.42. The van der Waals surface area contributed by atoms with Crippen LogP contribution in [0.2, 0.25) is 0 Å². The molecule has 0 saturated heterocycles. The molecule has 0 unspecified atom stereocenters. The van der Waals surface area contributed by atoms with E-state index in [0.717, 1.165) is 17.8 Å². The molecule has 1 aliphatic heterocycles. The molecule has 0 bridgehead atoms. The van der Waals surface area contributed by atoms with Crippen LogP contribution in [0.15, 0.2) is 12.7 Å². The van der Waals surface area contributed by atoms with E-state index in [-0.39, 0.29) is 17.2 Å². The average Bonchev–Trinajstić information content (AvgIpc) is 2.74. The molecule has 102 valence electrons. The molecule has 0 aliphatic carbocycles. The second kappa shape index (κ2) is 5.75. The molecule has 0 saturated carbocycles. The number of anilines is 1. The van der Waals surface area contributed by atoms with Gasteiger partial charge in [0.15, 0.2) is 5.06 Å². The fourth-order valence-corrected chi connectivity index (χ4v) is 2.88. The monoisotopic (exact) mass is 283 g/mol. The molecule has 7 heteroatoms. The van der Waals surface area contributed by atoms with Crippen molar-refractivity contribution in [1.29, 1.82) is 0 Å². The topological polar surface area (TPSA) is 84.9 Å². The first-order valence-electron chi connectivity index (χ1n) is 5.70. The zero-order valence-corrected chi connectivity index (χ0v) is 10.9. The summed E-state index contributed by atoms with van der Waals surface area (Å²) in [5.74, 6) is -1.08. The quantitative estimate of drug-likeness (QED) is 0.829. The van der Waals surface area contributed by atoms with E-state index in [4.69, 9.17) is 9.47 Å².